The first-order chi connectivity index (χ1) is 9.51. The van der Waals surface area contributed by atoms with Crippen LogP contribution >= 0.6 is 15.9 Å². The van der Waals surface area contributed by atoms with Crippen LogP contribution in [0.2, 0.25) is 0 Å². The van der Waals surface area contributed by atoms with E-state index in [1.54, 1.807) is 22.9 Å². The Kier molecular flexibility index (Phi) is 4.44. The highest BCUT2D eigenvalue weighted by molar-refractivity contribution is 9.10. The van der Waals surface area contributed by atoms with Gasteiger partial charge in [-0.05, 0) is 40.5 Å². The van der Waals surface area contributed by atoms with Crippen LogP contribution < -0.4 is 5.32 Å². The highest BCUT2D eigenvalue weighted by Gasteiger charge is 2.09. The molecule has 1 aromatic carbocycles. The van der Waals surface area contributed by atoms with Crippen molar-refractivity contribution >= 4 is 27.6 Å². The molecule has 6 heteroatoms. The summed E-state index contributed by atoms with van der Waals surface area (Å²) in [5, 5.41) is 16.6. The van der Waals surface area contributed by atoms with E-state index in [0.29, 0.717) is 6.54 Å². The Morgan fingerprint density at radius 3 is 2.85 bits per heavy atom. The highest BCUT2D eigenvalue weighted by atomic mass is 79.9. The normalized spacial score (nSPS) is 10.6. The molecule has 0 aliphatic rings. The van der Waals surface area contributed by atoms with Crippen LogP contribution in [-0.2, 0) is 20.0 Å². The zero-order valence-electron chi connectivity index (χ0n) is 11.4. The molecule has 20 heavy (non-hydrogen) atoms. The Labute approximate surface area is 125 Å². The molecule has 5 nitrogen and oxygen atoms in total. The third-order valence-electron chi connectivity index (χ3n) is 3.01. The topological polar surface area (TPSA) is 67.2 Å². The molecule has 1 aromatic heterocycles. The van der Waals surface area contributed by atoms with Crippen LogP contribution in [0.25, 0.3) is 0 Å². The van der Waals surface area contributed by atoms with Gasteiger partial charge in [0.1, 0.15) is 0 Å². The molecule has 0 amide bonds. The number of rotatable bonds is 5. The molecule has 0 spiro atoms. The molecule has 0 unspecified atom stereocenters. The van der Waals surface area contributed by atoms with E-state index in [4.69, 9.17) is 5.11 Å². The molecule has 0 fully saturated rings. The standard InChI is InChI=1S/C14H16BrN3O2/c1-3-12-10(8-18(2)17-12)7-16-13-5-4-9(14(19)20)6-11(13)15/h4-6,8,16H,3,7H2,1-2H3,(H,19,20). The van der Waals surface area contributed by atoms with Gasteiger partial charge in [-0.3, -0.25) is 4.68 Å². The quantitative estimate of drug-likeness (QED) is 0.879. The molecule has 0 saturated heterocycles. The molecule has 0 aliphatic carbocycles. The average molecular weight is 338 g/mol. The maximum Gasteiger partial charge on any atom is 0.335 e. The van der Waals surface area contributed by atoms with Crippen molar-refractivity contribution in [1.82, 2.24) is 9.78 Å². The SMILES string of the molecule is CCc1nn(C)cc1CNc1ccc(C(=O)O)cc1Br. The predicted molar refractivity (Wildman–Crippen MR) is 81.0 cm³/mol. The first-order valence-electron chi connectivity index (χ1n) is 6.29. The van der Waals surface area contributed by atoms with Crippen molar-refractivity contribution in [3.63, 3.8) is 0 Å². The monoisotopic (exact) mass is 337 g/mol. The first-order valence-corrected chi connectivity index (χ1v) is 7.08. The smallest absolute Gasteiger partial charge is 0.335 e. The molecular formula is C14H16BrN3O2. The van der Waals surface area contributed by atoms with Crippen LogP contribution in [0.4, 0.5) is 5.69 Å². The number of halogens is 1. The van der Waals surface area contributed by atoms with Gasteiger partial charge in [-0.15, -0.1) is 0 Å². The molecule has 0 saturated carbocycles. The fourth-order valence-electron chi connectivity index (χ4n) is 2.01. The van der Waals surface area contributed by atoms with E-state index in [1.807, 2.05) is 13.2 Å². The van der Waals surface area contributed by atoms with Crippen LogP contribution in [0.1, 0.15) is 28.5 Å². The van der Waals surface area contributed by atoms with E-state index in [0.717, 1.165) is 27.8 Å². The molecule has 0 bridgehead atoms. The minimum Gasteiger partial charge on any atom is -0.478 e. The Balaban J connectivity index is 2.12. The lowest BCUT2D eigenvalue weighted by Gasteiger charge is -2.09. The van der Waals surface area contributed by atoms with E-state index < -0.39 is 5.97 Å². The van der Waals surface area contributed by atoms with Crippen LogP contribution in [0.5, 0.6) is 0 Å². The number of carbonyl (C=O) groups is 1. The molecule has 2 aromatic rings. The minimum absolute atomic E-state index is 0.262. The summed E-state index contributed by atoms with van der Waals surface area (Å²) in [7, 11) is 1.90. The Hall–Kier alpha value is -1.82. The van der Waals surface area contributed by atoms with Crippen molar-refractivity contribution in [2.75, 3.05) is 5.32 Å². The number of hydrogen-bond acceptors (Lipinski definition) is 3. The molecule has 0 atom stereocenters. The Morgan fingerprint density at radius 1 is 1.50 bits per heavy atom. The number of aromatic carboxylic acids is 1. The van der Waals surface area contributed by atoms with Gasteiger partial charge in [-0.1, -0.05) is 6.92 Å². The zero-order valence-corrected chi connectivity index (χ0v) is 12.9. The second kappa shape index (κ2) is 6.09. The van der Waals surface area contributed by atoms with Crippen molar-refractivity contribution in [2.24, 2.45) is 7.05 Å². The zero-order chi connectivity index (χ0) is 14.7. The number of carboxylic acid groups (broad SMARTS) is 1. The minimum atomic E-state index is -0.933. The summed E-state index contributed by atoms with van der Waals surface area (Å²) in [5.74, 6) is -0.933. The van der Waals surface area contributed by atoms with Crippen LogP contribution in [0.15, 0.2) is 28.9 Å². The van der Waals surface area contributed by atoms with Gasteiger partial charge in [-0.2, -0.15) is 5.10 Å². The predicted octanol–water partition coefficient (Wildman–Crippen LogP) is 3.06. The van der Waals surface area contributed by atoms with Crippen molar-refractivity contribution < 1.29 is 9.90 Å². The second-order valence-corrected chi connectivity index (χ2v) is 5.34. The molecule has 2 rings (SSSR count). The molecule has 0 radical (unpaired) electrons. The molecule has 0 aliphatic heterocycles. The van der Waals surface area contributed by atoms with Crippen LogP contribution in [0, 0.1) is 0 Å². The van der Waals surface area contributed by atoms with Gasteiger partial charge >= 0.3 is 5.97 Å². The largest absolute Gasteiger partial charge is 0.478 e. The summed E-state index contributed by atoms with van der Waals surface area (Å²) in [4.78, 5) is 10.9. The van der Waals surface area contributed by atoms with Gasteiger partial charge in [0.05, 0.1) is 11.3 Å². The first kappa shape index (κ1) is 14.6. The highest BCUT2D eigenvalue weighted by Crippen LogP contribution is 2.24. The number of nitrogens with zero attached hydrogens (tertiary/aromatic N) is 2. The van der Waals surface area contributed by atoms with E-state index >= 15 is 0 Å². The lowest BCUT2D eigenvalue weighted by atomic mass is 10.2. The van der Waals surface area contributed by atoms with Gasteiger partial charge < -0.3 is 10.4 Å². The van der Waals surface area contributed by atoms with E-state index in [-0.39, 0.29) is 5.56 Å². The maximum atomic E-state index is 10.9. The summed E-state index contributed by atoms with van der Waals surface area (Å²) in [6.45, 7) is 2.73. The summed E-state index contributed by atoms with van der Waals surface area (Å²) < 4.78 is 2.54. The number of nitrogens with one attached hydrogen (secondary N) is 1. The fourth-order valence-corrected chi connectivity index (χ4v) is 2.53. The number of benzene rings is 1. The van der Waals surface area contributed by atoms with E-state index in [1.165, 1.54) is 0 Å². The molecule has 2 N–H and O–H groups in total. The maximum absolute atomic E-state index is 10.9. The van der Waals surface area contributed by atoms with Crippen molar-refractivity contribution in [3.05, 3.63) is 45.7 Å². The molecular weight excluding hydrogens is 322 g/mol. The lowest BCUT2D eigenvalue weighted by molar-refractivity contribution is 0.0697. The molecule has 1 heterocycles. The number of carboxylic acids is 1. The van der Waals surface area contributed by atoms with Crippen LogP contribution in [-0.4, -0.2) is 20.9 Å². The van der Waals surface area contributed by atoms with E-state index in [2.05, 4.69) is 33.3 Å². The Bertz CT molecular complexity index is 637. The summed E-state index contributed by atoms with van der Waals surface area (Å²) >= 11 is 3.38. The second-order valence-electron chi connectivity index (χ2n) is 4.48. The number of hydrogen-bond donors (Lipinski definition) is 2. The van der Waals surface area contributed by atoms with Crippen molar-refractivity contribution in [3.8, 4) is 0 Å². The van der Waals surface area contributed by atoms with Crippen LogP contribution in [0.3, 0.4) is 0 Å². The number of anilines is 1. The van der Waals surface area contributed by atoms with E-state index in [9.17, 15) is 4.79 Å². The lowest BCUT2D eigenvalue weighted by Crippen LogP contribution is -2.03. The number of aromatic nitrogens is 2. The third kappa shape index (κ3) is 3.19. The van der Waals surface area contributed by atoms with Gasteiger partial charge in [0.25, 0.3) is 0 Å². The summed E-state index contributed by atoms with van der Waals surface area (Å²) in [5.41, 5.74) is 3.33. The fraction of sp³-hybridized carbons (Fsp3) is 0.286. The van der Waals surface area contributed by atoms with Gasteiger partial charge in [0.15, 0.2) is 0 Å². The number of aryl methyl sites for hydroxylation is 2. The third-order valence-corrected chi connectivity index (χ3v) is 3.67. The van der Waals surface area contributed by atoms with Crippen molar-refractivity contribution in [2.45, 2.75) is 19.9 Å². The summed E-state index contributed by atoms with van der Waals surface area (Å²) in [6, 6.07) is 4.93. The van der Waals surface area contributed by atoms with Gasteiger partial charge in [0, 0.05) is 35.5 Å². The van der Waals surface area contributed by atoms with Gasteiger partial charge in [0.2, 0.25) is 0 Å². The molecule has 106 valence electrons. The van der Waals surface area contributed by atoms with Gasteiger partial charge in [-0.25, -0.2) is 4.79 Å². The summed E-state index contributed by atoms with van der Waals surface area (Å²) in [6.07, 6.45) is 2.88. The van der Waals surface area contributed by atoms with Crippen molar-refractivity contribution in [1.29, 1.82) is 0 Å². The average Bonchev–Trinajstić information content (AvgIpc) is 2.77. The Morgan fingerprint density at radius 2 is 2.25 bits per heavy atom.